The van der Waals surface area contributed by atoms with E-state index in [4.69, 9.17) is 0 Å². The molecule has 2 heterocycles. The van der Waals surface area contributed by atoms with Crippen molar-refractivity contribution in [3.63, 3.8) is 0 Å². The van der Waals surface area contributed by atoms with Crippen molar-refractivity contribution in [1.29, 1.82) is 0 Å². The number of likely N-dealkylation sites (tertiary alicyclic amines) is 1. The number of hydrogen-bond donors (Lipinski definition) is 0. The van der Waals surface area contributed by atoms with E-state index in [0.29, 0.717) is 25.6 Å². The number of carbonyl (C=O) groups excluding carboxylic acids is 1. The monoisotopic (exact) mass is 366 g/mol. The van der Waals surface area contributed by atoms with Crippen LogP contribution < -0.4 is 0 Å². The van der Waals surface area contributed by atoms with Crippen molar-refractivity contribution < 1.29 is 17.6 Å². The standard InChI is InChI=1S/C18H23FN2O3S/c19-14-1-5-16(6-2-14)25(23,24)20-11-9-18(10-12-20)8-7-17(22)21(13-18)15-3-4-15/h1-2,5-6,15H,3-4,7-13H2. The van der Waals surface area contributed by atoms with Crippen molar-refractivity contribution in [1.82, 2.24) is 9.21 Å². The lowest BCUT2D eigenvalue weighted by molar-refractivity contribution is -0.139. The minimum absolute atomic E-state index is 0.0608. The van der Waals surface area contributed by atoms with Crippen LogP contribution in [0.15, 0.2) is 29.2 Å². The number of carbonyl (C=O) groups is 1. The van der Waals surface area contributed by atoms with E-state index in [0.717, 1.165) is 38.6 Å². The summed E-state index contributed by atoms with van der Waals surface area (Å²) in [5.41, 5.74) is 0.0608. The Bertz CT molecular complexity index is 766. The van der Waals surface area contributed by atoms with E-state index in [9.17, 15) is 17.6 Å². The summed E-state index contributed by atoms with van der Waals surface area (Å²) in [4.78, 5) is 14.3. The number of sulfonamides is 1. The van der Waals surface area contributed by atoms with Crippen molar-refractivity contribution >= 4 is 15.9 Å². The van der Waals surface area contributed by atoms with Gasteiger partial charge in [0, 0.05) is 32.1 Å². The summed E-state index contributed by atoms with van der Waals surface area (Å²) in [6.07, 6.45) is 5.22. The van der Waals surface area contributed by atoms with Gasteiger partial charge in [-0.3, -0.25) is 4.79 Å². The summed E-state index contributed by atoms with van der Waals surface area (Å²) in [6, 6.07) is 5.43. The zero-order valence-electron chi connectivity index (χ0n) is 14.2. The summed E-state index contributed by atoms with van der Waals surface area (Å²) in [5, 5.41) is 0. The molecule has 1 spiro atoms. The molecule has 4 rings (SSSR count). The average molecular weight is 366 g/mol. The predicted molar refractivity (Wildman–Crippen MR) is 90.8 cm³/mol. The third kappa shape index (κ3) is 3.19. The fourth-order valence-electron chi connectivity index (χ4n) is 4.13. The first-order valence-electron chi connectivity index (χ1n) is 8.95. The van der Waals surface area contributed by atoms with Gasteiger partial charge in [-0.2, -0.15) is 4.31 Å². The van der Waals surface area contributed by atoms with Crippen LogP contribution >= 0.6 is 0 Å². The molecule has 0 N–H and O–H groups in total. The van der Waals surface area contributed by atoms with E-state index in [1.807, 2.05) is 4.90 Å². The van der Waals surface area contributed by atoms with E-state index < -0.39 is 15.8 Å². The second-order valence-electron chi connectivity index (χ2n) is 7.61. The average Bonchev–Trinajstić information content (AvgIpc) is 3.43. The lowest BCUT2D eigenvalue weighted by atomic mass is 9.72. The van der Waals surface area contributed by atoms with Crippen LogP contribution in [0.25, 0.3) is 0 Å². The number of amides is 1. The normalized spacial score (nSPS) is 24.7. The number of benzene rings is 1. The topological polar surface area (TPSA) is 57.7 Å². The minimum Gasteiger partial charge on any atom is -0.339 e. The second-order valence-corrected chi connectivity index (χ2v) is 9.55. The molecule has 1 aromatic rings. The molecule has 136 valence electrons. The fourth-order valence-corrected chi connectivity index (χ4v) is 5.57. The molecule has 1 aromatic carbocycles. The van der Waals surface area contributed by atoms with Crippen LogP contribution in [0.1, 0.15) is 38.5 Å². The molecule has 7 heteroatoms. The second kappa shape index (κ2) is 6.06. The molecule has 1 aliphatic carbocycles. The molecular formula is C18H23FN2O3S. The van der Waals surface area contributed by atoms with Crippen LogP contribution in [0, 0.1) is 11.2 Å². The Morgan fingerprint density at radius 1 is 1.04 bits per heavy atom. The van der Waals surface area contributed by atoms with E-state index in [-0.39, 0.29) is 16.2 Å². The van der Waals surface area contributed by atoms with Gasteiger partial charge in [0.2, 0.25) is 15.9 Å². The number of nitrogens with zero attached hydrogens (tertiary/aromatic N) is 2. The number of halogens is 1. The molecule has 2 aliphatic heterocycles. The lowest BCUT2D eigenvalue weighted by Gasteiger charge is -2.47. The molecule has 1 saturated carbocycles. The van der Waals surface area contributed by atoms with Gasteiger partial charge in [-0.1, -0.05) is 0 Å². The third-order valence-corrected chi connectivity index (χ3v) is 7.83. The Morgan fingerprint density at radius 3 is 2.28 bits per heavy atom. The first kappa shape index (κ1) is 17.0. The van der Waals surface area contributed by atoms with Gasteiger partial charge in [0.25, 0.3) is 0 Å². The summed E-state index contributed by atoms with van der Waals surface area (Å²) in [6.45, 7) is 1.71. The summed E-state index contributed by atoms with van der Waals surface area (Å²) < 4.78 is 40.0. The van der Waals surface area contributed by atoms with E-state index in [1.54, 1.807) is 0 Å². The maximum atomic E-state index is 13.1. The number of hydrogen-bond acceptors (Lipinski definition) is 3. The SMILES string of the molecule is O=C1CCC2(CCN(S(=O)(=O)c3ccc(F)cc3)CC2)CN1C1CC1. The van der Waals surface area contributed by atoms with Crippen LogP contribution in [0.4, 0.5) is 4.39 Å². The summed E-state index contributed by atoms with van der Waals surface area (Å²) in [5.74, 6) is -0.182. The molecular weight excluding hydrogens is 343 g/mol. The van der Waals surface area contributed by atoms with E-state index in [1.165, 1.54) is 28.6 Å². The minimum atomic E-state index is -3.58. The number of rotatable bonds is 3. The summed E-state index contributed by atoms with van der Waals surface area (Å²) >= 11 is 0. The van der Waals surface area contributed by atoms with Crippen molar-refractivity contribution in [3.8, 4) is 0 Å². The van der Waals surface area contributed by atoms with Gasteiger partial charge in [-0.15, -0.1) is 0 Å². The van der Waals surface area contributed by atoms with Crippen LogP contribution in [0.2, 0.25) is 0 Å². The van der Waals surface area contributed by atoms with Gasteiger partial charge in [-0.25, -0.2) is 12.8 Å². The molecule has 5 nitrogen and oxygen atoms in total. The zero-order valence-corrected chi connectivity index (χ0v) is 15.0. The Kier molecular flexibility index (Phi) is 4.11. The summed E-state index contributed by atoms with van der Waals surface area (Å²) in [7, 11) is -3.58. The molecule has 0 unspecified atom stereocenters. The molecule has 0 bridgehead atoms. The van der Waals surface area contributed by atoms with Crippen molar-refractivity contribution in [3.05, 3.63) is 30.1 Å². The molecule has 0 aromatic heterocycles. The van der Waals surface area contributed by atoms with Gasteiger partial charge >= 0.3 is 0 Å². The quantitative estimate of drug-likeness (QED) is 0.825. The van der Waals surface area contributed by atoms with Gasteiger partial charge in [-0.05, 0) is 61.8 Å². The zero-order chi connectivity index (χ0) is 17.7. The largest absolute Gasteiger partial charge is 0.339 e. The maximum Gasteiger partial charge on any atom is 0.243 e. The molecule has 1 amide bonds. The Morgan fingerprint density at radius 2 is 1.68 bits per heavy atom. The maximum absolute atomic E-state index is 13.1. The Balaban J connectivity index is 1.46. The molecule has 25 heavy (non-hydrogen) atoms. The molecule has 2 saturated heterocycles. The predicted octanol–water partition coefficient (Wildman–Crippen LogP) is 2.38. The highest BCUT2D eigenvalue weighted by Crippen LogP contribution is 2.44. The van der Waals surface area contributed by atoms with Gasteiger partial charge < -0.3 is 4.90 Å². The first-order valence-corrected chi connectivity index (χ1v) is 10.4. The molecule has 3 fully saturated rings. The first-order chi connectivity index (χ1) is 11.9. The van der Waals surface area contributed by atoms with E-state index >= 15 is 0 Å². The highest BCUT2D eigenvalue weighted by atomic mass is 32.2. The molecule has 0 radical (unpaired) electrons. The van der Waals surface area contributed by atoms with Crippen LogP contribution in [-0.4, -0.2) is 49.2 Å². The molecule has 0 atom stereocenters. The lowest BCUT2D eigenvalue weighted by Crippen LogP contribution is -2.52. The van der Waals surface area contributed by atoms with Gasteiger partial charge in [0.05, 0.1) is 4.90 Å². The van der Waals surface area contributed by atoms with E-state index in [2.05, 4.69) is 0 Å². The van der Waals surface area contributed by atoms with Gasteiger partial charge in [0.15, 0.2) is 0 Å². The van der Waals surface area contributed by atoms with Gasteiger partial charge in [0.1, 0.15) is 5.82 Å². The van der Waals surface area contributed by atoms with Crippen molar-refractivity contribution in [2.45, 2.75) is 49.5 Å². The number of piperidine rings is 2. The highest BCUT2D eigenvalue weighted by Gasteiger charge is 2.46. The third-order valence-electron chi connectivity index (χ3n) is 5.92. The van der Waals surface area contributed by atoms with Crippen LogP contribution in [0.3, 0.4) is 0 Å². The fraction of sp³-hybridized carbons (Fsp3) is 0.611. The van der Waals surface area contributed by atoms with Crippen LogP contribution in [-0.2, 0) is 14.8 Å². The van der Waals surface area contributed by atoms with Crippen molar-refractivity contribution in [2.24, 2.45) is 5.41 Å². The highest BCUT2D eigenvalue weighted by molar-refractivity contribution is 7.89. The van der Waals surface area contributed by atoms with Crippen LogP contribution in [0.5, 0.6) is 0 Å². The smallest absolute Gasteiger partial charge is 0.243 e. The van der Waals surface area contributed by atoms with Crippen molar-refractivity contribution in [2.75, 3.05) is 19.6 Å². The Labute approximate surface area is 147 Å². The molecule has 3 aliphatic rings. The Hall–Kier alpha value is -1.47.